The van der Waals surface area contributed by atoms with Crippen LogP contribution in [-0.4, -0.2) is 22.3 Å². The molecule has 6 heteroatoms. The van der Waals surface area contributed by atoms with Crippen molar-refractivity contribution in [3.8, 4) is 0 Å². The van der Waals surface area contributed by atoms with Gasteiger partial charge in [-0.1, -0.05) is 11.6 Å². The number of hydrogen-bond donors (Lipinski definition) is 1. The molecule has 0 aliphatic carbocycles. The molecule has 2 rings (SSSR count). The summed E-state index contributed by atoms with van der Waals surface area (Å²) in [6.07, 6.45) is 3.37. The van der Waals surface area contributed by atoms with E-state index in [2.05, 4.69) is 5.32 Å². The maximum absolute atomic E-state index is 11.3. The molecule has 3 unspecified atom stereocenters. The molecule has 0 fully saturated rings. The van der Waals surface area contributed by atoms with Crippen LogP contribution in [0.25, 0.3) is 0 Å². The standard InChI is InChI=1S/C13H16ClNO2S2/c1-9(8-19(2)16)15-13(10-4-3-7-17-10)11-5-6-12(14)18-11/h3-7,9,13,15H,8H2,1-2H3. The number of rotatable bonds is 6. The molecule has 0 saturated carbocycles. The minimum absolute atomic E-state index is 0.0500. The monoisotopic (exact) mass is 317 g/mol. The van der Waals surface area contributed by atoms with Gasteiger partial charge in [-0.2, -0.15) is 0 Å². The molecular formula is C13H16ClNO2S2. The Morgan fingerprint density at radius 1 is 1.47 bits per heavy atom. The van der Waals surface area contributed by atoms with Gasteiger partial charge in [0, 0.05) is 33.7 Å². The minimum Gasteiger partial charge on any atom is -0.467 e. The molecule has 104 valence electrons. The summed E-state index contributed by atoms with van der Waals surface area (Å²) in [5.41, 5.74) is 0. The second-order valence-corrected chi connectivity index (χ2v) is 7.62. The topological polar surface area (TPSA) is 42.2 Å². The predicted molar refractivity (Wildman–Crippen MR) is 81.4 cm³/mol. The van der Waals surface area contributed by atoms with Crippen molar-refractivity contribution < 1.29 is 8.63 Å². The summed E-state index contributed by atoms with van der Waals surface area (Å²) in [5, 5.41) is 3.45. The van der Waals surface area contributed by atoms with Crippen LogP contribution in [0.3, 0.4) is 0 Å². The summed E-state index contributed by atoms with van der Waals surface area (Å²) in [7, 11) is -0.826. The van der Waals surface area contributed by atoms with Crippen LogP contribution in [0.4, 0.5) is 0 Å². The fourth-order valence-electron chi connectivity index (χ4n) is 1.93. The van der Waals surface area contributed by atoms with Crippen LogP contribution in [-0.2, 0) is 10.8 Å². The molecule has 2 aromatic heterocycles. The minimum atomic E-state index is -0.826. The van der Waals surface area contributed by atoms with Crippen molar-refractivity contribution in [2.45, 2.75) is 19.0 Å². The van der Waals surface area contributed by atoms with E-state index in [1.807, 2.05) is 31.2 Å². The van der Waals surface area contributed by atoms with Crippen LogP contribution in [0.2, 0.25) is 4.34 Å². The zero-order valence-electron chi connectivity index (χ0n) is 10.8. The average Bonchev–Trinajstić information content (AvgIpc) is 2.95. The first-order valence-electron chi connectivity index (χ1n) is 5.91. The molecular weight excluding hydrogens is 302 g/mol. The van der Waals surface area contributed by atoms with Gasteiger partial charge in [0.1, 0.15) is 11.8 Å². The van der Waals surface area contributed by atoms with Crippen molar-refractivity contribution >= 4 is 33.7 Å². The Labute approximate surface area is 124 Å². The zero-order valence-corrected chi connectivity index (χ0v) is 13.1. The van der Waals surface area contributed by atoms with Gasteiger partial charge in [0.05, 0.1) is 10.6 Å². The maximum Gasteiger partial charge on any atom is 0.126 e. The second kappa shape index (κ2) is 6.70. The van der Waals surface area contributed by atoms with E-state index < -0.39 is 10.8 Å². The highest BCUT2D eigenvalue weighted by molar-refractivity contribution is 7.84. The predicted octanol–water partition coefficient (Wildman–Crippen LogP) is 3.44. The molecule has 3 nitrogen and oxygen atoms in total. The lowest BCUT2D eigenvalue weighted by Crippen LogP contribution is -2.34. The van der Waals surface area contributed by atoms with Gasteiger partial charge in [0.2, 0.25) is 0 Å². The van der Waals surface area contributed by atoms with Crippen molar-refractivity contribution in [2.75, 3.05) is 12.0 Å². The lowest BCUT2D eigenvalue weighted by Gasteiger charge is -2.20. The highest BCUT2D eigenvalue weighted by Gasteiger charge is 2.21. The van der Waals surface area contributed by atoms with Crippen LogP contribution in [0.1, 0.15) is 23.6 Å². The van der Waals surface area contributed by atoms with Gasteiger partial charge < -0.3 is 4.42 Å². The molecule has 0 saturated heterocycles. The zero-order chi connectivity index (χ0) is 13.8. The molecule has 0 spiro atoms. The van der Waals surface area contributed by atoms with Gasteiger partial charge >= 0.3 is 0 Å². The van der Waals surface area contributed by atoms with E-state index in [4.69, 9.17) is 16.0 Å². The van der Waals surface area contributed by atoms with E-state index in [0.29, 0.717) is 5.75 Å². The molecule has 0 radical (unpaired) electrons. The summed E-state index contributed by atoms with van der Waals surface area (Å²) >= 11 is 7.52. The lowest BCUT2D eigenvalue weighted by atomic mass is 10.1. The maximum atomic E-state index is 11.3. The molecule has 0 aliphatic rings. The summed E-state index contributed by atoms with van der Waals surface area (Å²) in [6.45, 7) is 2.02. The van der Waals surface area contributed by atoms with Crippen LogP contribution >= 0.6 is 22.9 Å². The van der Waals surface area contributed by atoms with Gasteiger partial charge in [0.25, 0.3) is 0 Å². The third-order valence-electron chi connectivity index (χ3n) is 2.64. The van der Waals surface area contributed by atoms with Crippen molar-refractivity contribution in [1.82, 2.24) is 5.32 Å². The summed E-state index contributed by atoms with van der Waals surface area (Å²) in [6, 6.07) is 7.74. The van der Waals surface area contributed by atoms with Gasteiger partial charge in [-0.15, -0.1) is 11.3 Å². The number of halogens is 1. The van der Waals surface area contributed by atoms with E-state index in [-0.39, 0.29) is 12.1 Å². The average molecular weight is 318 g/mol. The second-order valence-electron chi connectivity index (χ2n) is 4.40. The fraction of sp³-hybridized carbons (Fsp3) is 0.385. The van der Waals surface area contributed by atoms with Crippen molar-refractivity contribution in [3.05, 3.63) is 45.5 Å². The Morgan fingerprint density at radius 2 is 2.26 bits per heavy atom. The smallest absolute Gasteiger partial charge is 0.126 e. The highest BCUT2D eigenvalue weighted by atomic mass is 35.5. The van der Waals surface area contributed by atoms with E-state index in [1.54, 1.807) is 12.5 Å². The van der Waals surface area contributed by atoms with Gasteiger partial charge in [-0.3, -0.25) is 9.53 Å². The van der Waals surface area contributed by atoms with E-state index in [0.717, 1.165) is 15.0 Å². The van der Waals surface area contributed by atoms with Crippen LogP contribution in [0.5, 0.6) is 0 Å². The molecule has 0 bridgehead atoms. The van der Waals surface area contributed by atoms with Crippen molar-refractivity contribution in [2.24, 2.45) is 0 Å². The normalized spacial score (nSPS) is 16.2. The van der Waals surface area contributed by atoms with Crippen molar-refractivity contribution in [1.29, 1.82) is 0 Å². The Kier molecular flexibility index (Phi) is 5.21. The van der Waals surface area contributed by atoms with Crippen LogP contribution in [0.15, 0.2) is 34.9 Å². The van der Waals surface area contributed by atoms with E-state index >= 15 is 0 Å². The SMILES string of the molecule is CC(CS(C)=O)NC(c1ccco1)c1ccc(Cl)s1. The lowest BCUT2D eigenvalue weighted by molar-refractivity contribution is 0.429. The Balaban J connectivity index is 2.18. The number of thiophene rings is 1. The van der Waals surface area contributed by atoms with Crippen LogP contribution in [0, 0.1) is 0 Å². The number of nitrogens with one attached hydrogen (secondary N) is 1. The number of furan rings is 1. The Bertz CT molecular complexity index is 539. The summed E-state index contributed by atoms with van der Waals surface area (Å²) in [5.74, 6) is 1.45. The van der Waals surface area contributed by atoms with Gasteiger partial charge in [-0.05, 0) is 31.2 Å². The quantitative estimate of drug-likeness (QED) is 0.887. The van der Waals surface area contributed by atoms with Gasteiger partial charge in [-0.25, -0.2) is 0 Å². The molecule has 3 atom stereocenters. The highest BCUT2D eigenvalue weighted by Crippen LogP contribution is 2.31. The molecule has 0 aliphatic heterocycles. The fourth-order valence-corrected chi connectivity index (χ4v) is 3.86. The largest absolute Gasteiger partial charge is 0.467 e. The van der Waals surface area contributed by atoms with Gasteiger partial charge in [0.15, 0.2) is 0 Å². The summed E-state index contributed by atoms with van der Waals surface area (Å²) in [4.78, 5) is 1.09. The third-order valence-corrected chi connectivity index (χ3v) is 4.91. The molecule has 1 N–H and O–H groups in total. The first-order valence-corrected chi connectivity index (χ1v) is 8.83. The first-order chi connectivity index (χ1) is 9.06. The molecule has 0 amide bonds. The summed E-state index contributed by atoms with van der Waals surface area (Å²) < 4.78 is 17.5. The molecule has 19 heavy (non-hydrogen) atoms. The third kappa shape index (κ3) is 4.18. The van der Waals surface area contributed by atoms with Crippen LogP contribution < -0.4 is 5.32 Å². The van der Waals surface area contributed by atoms with E-state index in [9.17, 15) is 4.21 Å². The van der Waals surface area contributed by atoms with E-state index in [1.165, 1.54) is 11.3 Å². The first kappa shape index (κ1) is 14.8. The Morgan fingerprint density at radius 3 is 2.79 bits per heavy atom. The molecule has 2 heterocycles. The van der Waals surface area contributed by atoms with Crippen molar-refractivity contribution in [3.63, 3.8) is 0 Å². The number of hydrogen-bond acceptors (Lipinski definition) is 4. The molecule has 2 aromatic rings. The molecule has 0 aromatic carbocycles. The Hall–Kier alpha value is -0.620.